The van der Waals surface area contributed by atoms with Crippen LogP contribution in [0.3, 0.4) is 0 Å². The largest absolute Gasteiger partial charge is 0.392 e. The summed E-state index contributed by atoms with van der Waals surface area (Å²) in [6.45, 7) is 5.08. The predicted octanol–water partition coefficient (Wildman–Crippen LogP) is 2.37. The quantitative estimate of drug-likeness (QED) is 0.714. The fraction of sp³-hybridized carbons (Fsp3) is 0.571. The minimum Gasteiger partial charge on any atom is -0.392 e. The molecule has 0 bridgehead atoms. The van der Waals surface area contributed by atoms with Gasteiger partial charge in [0.1, 0.15) is 0 Å². The van der Waals surface area contributed by atoms with Crippen molar-refractivity contribution in [3.63, 3.8) is 0 Å². The zero-order valence-corrected chi connectivity index (χ0v) is 11.7. The van der Waals surface area contributed by atoms with Gasteiger partial charge >= 0.3 is 0 Å². The van der Waals surface area contributed by atoms with Crippen LogP contribution in [-0.2, 0) is 0 Å². The number of rotatable bonds is 7. The average molecular weight is 272 g/mol. The van der Waals surface area contributed by atoms with Gasteiger partial charge in [0.25, 0.3) is 0 Å². The molecule has 0 saturated carbocycles. The normalized spacial score (nSPS) is 14.8. The van der Waals surface area contributed by atoms with Crippen molar-refractivity contribution in [3.8, 4) is 0 Å². The van der Waals surface area contributed by atoms with Crippen LogP contribution < -0.4 is 5.32 Å². The van der Waals surface area contributed by atoms with E-state index < -0.39 is 6.10 Å². The molecular formula is C14H22ClNO2. The van der Waals surface area contributed by atoms with E-state index in [0.717, 1.165) is 12.0 Å². The molecule has 2 atom stereocenters. The SMILES string of the molecule is CC(C)CC(O)CNCC(O)c1ccc(Cl)cc1. The van der Waals surface area contributed by atoms with Crippen molar-refractivity contribution >= 4 is 11.6 Å². The summed E-state index contributed by atoms with van der Waals surface area (Å²) >= 11 is 5.78. The zero-order valence-electron chi connectivity index (χ0n) is 10.9. The van der Waals surface area contributed by atoms with Gasteiger partial charge in [-0.1, -0.05) is 37.6 Å². The van der Waals surface area contributed by atoms with Gasteiger partial charge in [0.15, 0.2) is 0 Å². The lowest BCUT2D eigenvalue weighted by Crippen LogP contribution is -2.31. The maximum absolute atomic E-state index is 9.92. The van der Waals surface area contributed by atoms with Crippen LogP contribution in [0.5, 0.6) is 0 Å². The summed E-state index contributed by atoms with van der Waals surface area (Å²) in [5.41, 5.74) is 0.824. The Bertz CT molecular complexity index is 340. The second-order valence-electron chi connectivity index (χ2n) is 5.01. The minimum atomic E-state index is -0.575. The molecule has 3 nitrogen and oxygen atoms in total. The molecule has 0 fully saturated rings. The van der Waals surface area contributed by atoms with Crippen LogP contribution in [0.4, 0.5) is 0 Å². The Morgan fingerprint density at radius 1 is 1.11 bits per heavy atom. The summed E-state index contributed by atoms with van der Waals surface area (Å²) in [6.07, 6.45) is -0.166. The van der Waals surface area contributed by atoms with Gasteiger partial charge in [0, 0.05) is 18.1 Å². The number of hydrogen-bond acceptors (Lipinski definition) is 3. The maximum atomic E-state index is 9.92. The van der Waals surface area contributed by atoms with Crippen LogP contribution in [0, 0.1) is 5.92 Å². The standard InChI is InChI=1S/C14H22ClNO2/c1-10(2)7-13(17)8-16-9-14(18)11-3-5-12(15)6-4-11/h3-6,10,13-14,16-18H,7-9H2,1-2H3. The van der Waals surface area contributed by atoms with E-state index in [-0.39, 0.29) is 6.10 Å². The van der Waals surface area contributed by atoms with Crippen LogP contribution in [-0.4, -0.2) is 29.4 Å². The van der Waals surface area contributed by atoms with Gasteiger partial charge in [-0.2, -0.15) is 0 Å². The molecule has 0 saturated heterocycles. The molecule has 18 heavy (non-hydrogen) atoms. The monoisotopic (exact) mass is 271 g/mol. The molecular weight excluding hydrogens is 250 g/mol. The molecule has 102 valence electrons. The number of nitrogens with one attached hydrogen (secondary N) is 1. The summed E-state index contributed by atoms with van der Waals surface area (Å²) in [7, 11) is 0. The van der Waals surface area contributed by atoms with E-state index in [1.165, 1.54) is 0 Å². The van der Waals surface area contributed by atoms with Crippen molar-refractivity contribution in [1.82, 2.24) is 5.32 Å². The lowest BCUT2D eigenvalue weighted by molar-refractivity contribution is 0.131. The molecule has 0 radical (unpaired) electrons. The molecule has 0 spiro atoms. The molecule has 1 rings (SSSR count). The van der Waals surface area contributed by atoms with E-state index in [0.29, 0.717) is 24.0 Å². The highest BCUT2D eigenvalue weighted by atomic mass is 35.5. The number of aliphatic hydroxyl groups excluding tert-OH is 2. The van der Waals surface area contributed by atoms with E-state index in [1.807, 2.05) is 0 Å². The fourth-order valence-corrected chi connectivity index (χ4v) is 1.94. The van der Waals surface area contributed by atoms with Gasteiger partial charge in [-0.15, -0.1) is 0 Å². The summed E-state index contributed by atoms with van der Waals surface area (Å²) in [4.78, 5) is 0. The Labute approximate surface area is 114 Å². The first-order chi connectivity index (χ1) is 8.49. The van der Waals surface area contributed by atoms with Crippen molar-refractivity contribution in [2.75, 3.05) is 13.1 Å². The van der Waals surface area contributed by atoms with E-state index in [4.69, 9.17) is 11.6 Å². The molecule has 0 aliphatic carbocycles. The van der Waals surface area contributed by atoms with Crippen LogP contribution in [0.25, 0.3) is 0 Å². The van der Waals surface area contributed by atoms with Gasteiger partial charge in [-0.05, 0) is 30.0 Å². The van der Waals surface area contributed by atoms with Crippen molar-refractivity contribution in [2.24, 2.45) is 5.92 Å². The highest BCUT2D eigenvalue weighted by Crippen LogP contribution is 2.15. The molecule has 4 heteroatoms. The van der Waals surface area contributed by atoms with Gasteiger partial charge in [-0.25, -0.2) is 0 Å². The number of aliphatic hydroxyl groups is 2. The van der Waals surface area contributed by atoms with Crippen LogP contribution in [0.2, 0.25) is 5.02 Å². The zero-order chi connectivity index (χ0) is 13.5. The number of hydrogen-bond donors (Lipinski definition) is 3. The van der Waals surface area contributed by atoms with E-state index in [9.17, 15) is 10.2 Å². The van der Waals surface area contributed by atoms with E-state index in [2.05, 4.69) is 19.2 Å². The van der Waals surface area contributed by atoms with Gasteiger partial charge < -0.3 is 15.5 Å². The second kappa shape index (κ2) is 7.74. The molecule has 0 amide bonds. The lowest BCUT2D eigenvalue weighted by atomic mass is 10.1. The third-order valence-electron chi connectivity index (χ3n) is 2.72. The van der Waals surface area contributed by atoms with Crippen LogP contribution >= 0.6 is 11.6 Å². The highest BCUT2D eigenvalue weighted by Gasteiger charge is 2.10. The van der Waals surface area contributed by atoms with Gasteiger partial charge in [0.2, 0.25) is 0 Å². The summed E-state index contributed by atoms with van der Waals surface area (Å²) in [5.74, 6) is 0.475. The Hall–Kier alpha value is -0.610. The second-order valence-corrected chi connectivity index (χ2v) is 5.45. The molecule has 0 aromatic heterocycles. The van der Waals surface area contributed by atoms with Crippen LogP contribution in [0.1, 0.15) is 31.9 Å². The summed E-state index contributed by atoms with van der Waals surface area (Å²) < 4.78 is 0. The smallest absolute Gasteiger partial charge is 0.0914 e. The lowest BCUT2D eigenvalue weighted by Gasteiger charge is -2.16. The van der Waals surface area contributed by atoms with Crippen LogP contribution in [0.15, 0.2) is 24.3 Å². The molecule has 1 aromatic rings. The van der Waals surface area contributed by atoms with Crippen molar-refractivity contribution < 1.29 is 10.2 Å². The first-order valence-corrected chi connectivity index (χ1v) is 6.69. The Morgan fingerprint density at radius 2 is 1.72 bits per heavy atom. The molecule has 2 unspecified atom stereocenters. The topological polar surface area (TPSA) is 52.5 Å². The van der Waals surface area contributed by atoms with Crippen molar-refractivity contribution in [3.05, 3.63) is 34.9 Å². The Morgan fingerprint density at radius 3 is 2.28 bits per heavy atom. The van der Waals surface area contributed by atoms with Gasteiger partial charge in [-0.3, -0.25) is 0 Å². The van der Waals surface area contributed by atoms with Gasteiger partial charge in [0.05, 0.1) is 12.2 Å². The minimum absolute atomic E-state index is 0.359. The molecule has 3 N–H and O–H groups in total. The molecule has 1 aromatic carbocycles. The van der Waals surface area contributed by atoms with Crippen molar-refractivity contribution in [1.29, 1.82) is 0 Å². The highest BCUT2D eigenvalue weighted by molar-refractivity contribution is 6.30. The third-order valence-corrected chi connectivity index (χ3v) is 2.97. The maximum Gasteiger partial charge on any atom is 0.0914 e. The van der Waals surface area contributed by atoms with E-state index in [1.54, 1.807) is 24.3 Å². The first-order valence-electron chi connectivity index (χ1n) is 6.31. The summed E-state index contributed by atoms with van der Waals surface area (Å²) in [5, 5.41) is 23.3. The Balaban J connectivity index is 2.28. The third kappa shape index (κ3) is 5.83. The molecule has 0 aliphatic heterocycles. The van der Waals surface area contributed by atoms with E-state index >= 15 is 0 Å². The Kier molecular flexibility index (Phi) is 6.65. The fourth-order valence-electron chi connectivity index (χ4n) is 1.82. The predicted molar refractivity (Wildman–Crippen MR) is 74.7 cm³/mol. The number of halogens is 1. The molecule has 0 aliphatic rings. The van der Waals surface area contributed by atoms with Crippen molar-refractivity contribution in [2.45, 2.75) is 32.5 Å². The summed E-state index contributed by atoms with van der Waals surface area (Å²) in [6, 6.07) is 7.12. The molecule has 0 heterocycles. The average Bonchev–Trinajstić information content (AvgIpc) is 2.28. The number of benzene rings is 1. The first kappa shape index (κ1) is 15.4.